The van der Waals surface area contributed by atoms with Crippen LogP contribution in [0.25, 0.3) is 5.65 Å². The molecule has 1 saturated heterocycles. The highest BCUT2D eigenvalue weighted by Gasteiger charge is 2.24. The maximum Gasteiger partial charge on any atom is 0.253 e. The molecule has 2 N–H and O–H groups in total. The van der Waals surface area contributed by atoms with E-state index in [0.717, 1.165) is 55.1 Å². The first-order chi connectivity index (χ1) is 13.8. The number of aromatic nitrogens is 3. The van der Waals surface area contributed by atoms with Crippen LogP contribution in [-0.2, 0) is 0 Å². The summed E-state index contributed by atoms with van der Waals surface area (Å²) in [5.41, 5.74) is 2.39. The van der Waals surface area contributed by atoms with Crippen LogP contribution in [0, 0.1) is 0 Å². The molecule has 7 heteroatoms. The normalized spacial score (nSPS) is 19.8. The number of pyridine rings is 1. The van der Waals surface area contributed by atoms with Gasteiger partial charge in [-0.1, -0.05) is 18.2 Å². The predicted octanol–water partition coefficient (Wildman–Crippen LogP) is 2.45. The number of carbonyl (C=O) groups excluding carboxylic acids is 1. The summed E-state index contributed by atoms with van der Waals surface area (Å²) in [5, 5.41) is 11.1. The Labute approximate surface area is 163 Å². The smallest absolute Gasteiger partial charge is 0.253 e. The molecule has 28 heavy (non-hydrogen) atoms. The maximum atomic E-state index is 12.9. The predicted molar refractivity (Wildman–Crippen MR) is 105 cm³/mol. The number of carbonyl (C=O) groups is 1. The SMILES string of the molecule is O=C(N[C@@H]1CCOc2ccccc21)c1ccc2nc(C3CCNCC3)nn2c1. The average molecular weight is 377 g/mol. The molecule has 1 aromatic carbocycles. The van der Waals surface area contributed by atoms with Crippen molar-refractivity contribution in [1.82, 2.24) is 25.2 Å². The van der Waals surface area contributed by atoms with Crippen LogP contribution >= 0.6 is 0 Å². The van der Waals surface area contributed by atoms with Crippen molar-refractivity contribution in [3.63, 3.8) is 0 Å². The zero-order chi connectivity index (χ0) is 18.9. The Morgan fingerprint density at radius 1 is 1.14 bits per heavy atom. The molecule has 5 rings (SSSR count). The van der Waals surface area contributed by atoms with Gasteiger partial charge >= 0.3 is 0 Å². The van der Waals surface area contributed by atoms with Crippen molar-refractivity contribution in [2.45, 2.75) is 31.2 Å². The van der Waals surface area contributed by atoms with Gasteiger partial charge in [0.25, 0.3) is 5.91 Å². The molecule has 1 amide bonds. The van der Waals surface area contributed by atoms with Crippen molar-refractivity contribution in [2.75, 3.05) is 19.7 Å². The third kappa shape index (κ3) is 3.22. The van der Waals surface area contributed by atoms with Crippen LogP contribution in [0.5, 0.6) is 5.75 Å². The highest BCUT2D eigenvalue weighted by molar-refractivity contribution is 5.94. The van der Waals surface area contributed by atoms with E-state index in [1.165, 1.54) is 0 Å². The molecule has 1 atom stereocenters. The molecule has 4 heterocycles. The Balaban J connectivity index is 1.36. The topological polar surface area (TPSA) is 80.5 Å². The van der Waals surface area contributed by atoms with Gasteiger partial charge in [0, 0.05) is 24.1 Å². The molecule has 2 aliphatic rings. The number of hydrogen-bond donors (Lipinski definition) is 2. The molecule has 3 aromatic rings. The van der Waals surface area contributed by atoms with Gasteiger partial charge in [0.15, 0.2) is 11.5 Å². The van der Waals surface area contributed by atoms with Crippen LogP contribution in [0.15, 0.2) is 42.6 Å². The van der Waals surface area contributed by atoms with E-state index >= 15 is 0 Å². The Hall–Kier alpha value is -2.93. The van der Waals surface area contributed by atoms with Gasteiger partial charge in [0.1, 0.15) is 5.75 Å². The summed E-state index contributed by atoms with van der Waals surface area (Å²) in [4.78, 5) is 17.5. The zero-order valence-electron chi connectivity index (χ0n) is 15.6. The second-order valence-electron chi connectivity index (χ2n) is 7.42. The second kappa shape index (κ2) is 7.24. The highest BCUT2D eigenvalue weighted by atomic mass is 16.5. The van der Waals surface area contributed by atoms with Crippen molar-refractivity contribution >= 4 is 11.6 Å². The molecule has 7 nitrogen and oxygen atoms in total. The minimum atomic E-state index is -0.109. The van der Waals surface area contributed by atoms with Gasteiger partial charge in [-0.25, -0.2) is 9.50 Å². The number of piperidine rings is 1. The molecular weight excluding hydrogens is 354 g/mol. The Morgan fingerprint density at radius 2 is 2.00 bits per heavy atom. The highest BCUT2D eigenvalue weighted by Crippen LogP contribution is 2.31. The van der Waals surface area contributed by atoms with Gasteiger partial charge in [-0.05, 0) is 44.1 Å². The summed E-state index contributed by atoms with van der Waals surface area (Å²) in [6.45, 7) is 2.60. The quantitative estimate of drug-likeness (QED) is 0.733. The van der Waals surface area contributed by atoms with Gasteiger partial charge < -0.3 is 15.4 Å². The molecule has 2 aliphatic heterocycles. The van der Waals surface area contributed by atoms with Gasteiger partial charge in [-0.2, -0.15) is 5.10 Å². The number of fused-ring (bicyclic) bond motifs is 2. The Morgan fingerprint density at radius 3 is 2.89 bits per heavy atom. The molecule has 1 fully saturated rings. The van der Waals surface area contributed by atoms with Crippen molar-refractivity contribution in [3.8, 4) is 5.75 Å². The fraction of sp³-hybridized carbons (Fsp3) is 0.381. The van der Waals surface area contributed by atoms with Crippen LogP contribution in [-0.4, -0.2) is 40.2 Å². The summed E-state index contributed by atoms with van der Waals surface area (Å²) >= 11 is 0. The second-order valence-corrected chi connectivity index (χ2v) is 7.42. The van der Waals surface area contributed by atoms with Gasteiger partial charge in [0.2, 0.25) is 0 Å². The first kappa shape index (κ1) is 17.2. The minimum Gasteiger partial charge on any atom is -0.493 e. The molecule has 2 aromatic heterocycles. The van der Waals surface area contributed by atoms with Crippen LogP contribution in [0.3, 0.4) is 0 Å². The van der Waals surface area contributed by atoms with Crippen molar-refractivity contribution in [1.29, 1.82) is 0 Å². The van der Waals surface area contributed by atoms with E-state index in [0.29, 0.717) is 18.1 Å². The number of para-hydroxylation sites is 1. The number of nitrogens with zero attached hydrogens (tertiary/aromatic N) is 3. The van der Waals surface area contributed by atoms with E-state index in [4.69, 9.17) is 4.74 Å². The lowest BCUT2D eigenvalue weighted by molar-refractivity contribution is 0.0924. The first-order valence-corrected chi connectivity index (χ1v) is 9.87. The third-order valence-electron chi connectivity index (χ3n) is 5.58. The fourth-order valence-corrected chi connectivity index (χ4v) is 4.02. The number of nitrogens with one attached hydrogen (secondary N) is 2. The first-order valence-electron chi connectivity index (χ1n) is 9.87. The van der Waals surface area contributed by atoms with Gasteiger partial charge in [0.05, 0.1) is 18.2 Å². The van der Waals surface area contributed by atoms with Crippen molar-refractivity contribution < 1.29 is 9.53 Å². The van der Waals surface area contributed by atoms with Crippen LogP contribution in [0.1, 0.15) is 53.0 Å². The standard InChI is InChI=1S/C21H23N5O2/c27-21(23-17-9-12-28-18-4-2-1-3-16(17)18)15-5-6-19-24-20(25-26(19)13-15)14-7-10-22-11-8-14/h1-6,13-14,17,22H,7-12H2,(H,23,27)/t17-/m1/s1. The van der Waals surface area contributed by atoms with Crippen molar-refractivity contribution in [3.05, 3.63) is 59.5 Å². The van der Waals surface area contributed by atoms with Crippen LogP contribution < -0.4 is 15.4 Å². The lowest BCUT2D eigenvalue weighted by Crippen LogP contribution is -2.32. The van der Waals surface area contributed by atoms with E-state index in [2.05, 4.69) is 20.7 Å². The number of ether oxygens (including phenoxy) is 1. The lowest BCUT2D eigenvalue weighted by Gasteiger charge is -2.26. The largest absolute Gasteiger partial charge is 0.493 e. The average Bonchev–Trinajstić information content (AvgIpc) is 3.18. The number of hydrogen-bond acceptors (Lipinski definition) is 5. The molecule has 0 spiro atoms. The zero-order valence-corrected chi connectivity index (χ0v) is 15.6. The van der Waals surface area contributed by atoms with Crippen molar-refractivity contribution in [2.24, 2.45) is 0 Å². The Bertz CT molecular complexity index is 1010. The monoisotopic (exact) mass is 377 g/mol. The maximum absolute atomic E-state index is 12.9. The third-order valence-corrected chi connectivity index (χ3v) is 5.58. The molecule has 0 aliphatic carbocycles. The van der Waals surface area contributed by atoms with E-state index in [9.17, 15) is 4.79 Å². The van der Waals surface area contributed by atoms with Gasteiger partial charge in [-0.15, -0.1) is 0 Å². The lowest BCUT2D eigenvalue weighted by atomic mass is 9.98. The summed E-state index contributed by atoms with van der Waals surface area (Å²) in [5.74, 6) is 1.99. The van der Waals surface area contributed by atoms with E-state index in [-0.39, 0.29) is 11.9 Å². The molecule has 0 saturated carbocycles. The molecule has 0 radical (unpaired) electrons. The Kier molecular flexibility index (Phi) is 4.44. The number of rotatable bonds is 3. The summed E-state index contributed by atoms with van der Waals surface area (Å²) in [6, 6.07) is 11.5. The molecule has 0 unspecified atom stereocenters. The number of benzene rings is 1. The summed E-state index contributed by atoms with van der Waals surface area (Å²) < 4.78 is 7.41. The minimum absolute atomic E-state index is 0.0470. The van der Waals surface area contributed by atoms with E-state index in [1.807, 2.05) is 36.4 Å². The summed E-state index contributed by atoms with van der Waals surface area (Å²) in [6.07, 6.45) is 4.63. The van der Waals surface area contributed by atoms with E-state index in [1.54, 1.807) is 10.7 Å². The van der Waals surface area contributed by atoms with Crippen LogP contribution in [0.4, 0.5) is 0 Å². The summed E-state index contributed by atoms with van der Waals surface area (Å²) in [7, 11) is 0. The van der Waals surface area contributed by atoms with E-state index < -0.39 is 0 Å². The number of amides is 1. The molecule has 0 bridgehead atoms. The fourth-order valence-electron chi connectivity index (χ4n) is 4.02. The molecule has 144 valence electrons. The van der Waals surface area contributed by atoms with Gasteiger partial charge in [-0.3, -0.25) is 4.79 Å². The van der Waals surface area contributed by atoms with Crippen LogP contribution in [0.2, 0.25) is 0 Å². The molecular formula is C21H23N5O2.